The van der Waals surface area contributed by atoms with Gasteiger partial charge in [-0.15, -0.1) is 0 Å². The van der Waals surface area contributed by atoms with Gasteiger partial charge in [-0.2, -0.15) is 0 Å². The van der Waals surface area contributed by atoms with Crippen molar-refractivity contribution >= 4 is 0 Å². The zero-order valence-electron chi connectivity index (χ0n) is 11.2. The summed E-state index contributed by atoms with van der Waals surface area (Å²) in [5.41, 5.74) is 9.43. The van der Waals surface area contributed by atoms with Gasteiger partial charge in [-0.1, -0.05) is 35.4 Å². The van der Waals surface area contributed by atoms with Gasteiger partial charge in [0.05, 0.1) is 19.3 Å². The zero-order chi connectivity index (χ0) is 15.2. The van der Waals surface area contributed by atoms with Gasteiger partial charge < -0.3 is 24.8 Å². The van der Waals surface area contributed by atoms with E-state index in [2.05, 4.69) is 10.0 Å². The van der Waals surface area contributed by atoms with Crippen molar-refractivity contribution in [3.8, 4) is 0 Å². The second kappa shape index (κ2) is 7.37. The van der Waals surface area contributed by atoms with Crippen molar-refractivity contribution in [3.05, 3.63) is 46.3 Å². The highest BCUT2D eigenvalue weighted by Crippen LogP contribution is 2.25. The minimum Gasteiger partial charge on any atom is -0.394 e. The normalized spacial score (nSPS) is 32.4. The lowest BCUT2D eigenvalue weighted by Crippen LogP contribution is -2.58. The summed E-state index contributed by atoms with van der Waals surface area (Å²) in [7, 11) is 0. The van der Waals surface area contributed by atoms with E-state index in [9.17, 15) is 10.2 Å². The molecule has 1 saturated heterocycles. The molecule has 8 heteroatoms. The van der Waals surface area contributed by atoms with Crippen LogP contribution >= 0.6 is 0 Å². The summed E-state index contributed by atoms with van der Waals surface area (Å²) in [6.07, 6.45) is -4.75. The van der Waals surface area contributed by atoms with Crippen LogP contribution in [-0.2, 0) is 16.1 Å². The largest absolute Gasteiger partial charge is 0.394 e. The molecule has 3 N–H and O–H groups in total. The minimum atomic E-state index is -1.37. The molecule has 1 heterocycles. The van der Waals surface area contributed by atoms with E-state index in [1.165, 1.54) is 0 Å². The summed E-state index contributed by atoms with van der Waals surface area (Å²) in [5, 5.41) is 32.3. The first-order chi connectivity index (χ1) is 10.2. The van der Waals surface area contributed by atoms with Gasteiger partial charge in [0.1, 0.15) is 18.2 Å². The Kier molecular flexibility index (Phi) is 5.51. The maximum absolute atomic E-state index is 9.95. The summed E-state index contributed by atoms with van der Waals surface area (Å²) in [4.78, 5) is 2.63. The van der Waals surface area contributed by atoms with E-state index in [0.29, 0.717) is 0 Å². The predicted molar refractivity (Wildman–Crippen MR) is 71.9 cm³/mol. The lowest BCUT2D eigenvalue weighted by molar-refractivity contribution is -0.268. The van der Waals surface area contributed by atoms with Gasteiger partial charge in [-0.3, -0.25) is 0 Å². The van der Waals surface area contributed by atoms with Crippen LogP contribution in [-0.4, -0.2) is 52.6 Å². The van der Waals surface area contributed by atoms with Gasteiger partial charge in [0.15, 0.2) is 6.29 Å². The molecule has 1 unspecified atom stereocenters. The van der Waals surface area contributed by atoms with Crippen LogP contribution in [0.5, 0.6) is 0 Å². The third kappa shape index (κ3) is 3.70. The Bertz CT molecular complexity index is 494. The Balaban J connectivity index is 2.08. The molecular weight excluding hydrogens is 278 g/mol. The van der Waals surface area contributed by atoms with Crippen molar-refractivity contribution in [3.63, 3.8) is 0 Å². The molecule has 0 bridgehead atoms. The van der Waals surface area contributed by atoms with Gasteiger partial charge in [-0.05, 0) is 11.1 Å². The Morgan fingerprint density at radius 3 is 2.57 bits per heavy atom. The summed E-state index contributed by atoms with van der Waals surface area (Å²) in [6, 6.07) is 8.17. The number of hydrogen-bond acceptors (Lipinski definition) is 6. The fourth-order valence-electron chi connectivity index (χ4n) is 2.14. The van der Waals surface area contributed by atoms with Crippen LogP contribution in [0, 0.1) is 0 Å². The van der Waals surface area contributed by atoms with Gasteiger partial charge in [-0.25, -0.2) is 0 Å². The van der Waals surface area contributed by atoms with Gasteiger partial charge in [0, 0.05) is 4.91 Å². The lowest BCUT2D eigenvalue weighted by atomic mass is 9.98. The van der Waals surface area contributed by atoms with Crippen LogP contribution in [0.1, 0.15) is 5.56 Å². The number of ether oxygens (including phenoxy) is 2. The fourth-order valence-corrected chi connectivity index (χ4v) is 2.14. The van der Waals surface area contributed by atoms with E-state index < -0.39 is 37.3 Å². The lowest BCUT2D eigenvalue weighted by Gasteiger charge is -2.40. The molecule has 1 aromatic carbocycles. The molecule has 8 nitrogen and oxygen atoms in total. The molecule has 1 aromatic rings. The molecule has 5 atom stereocenters. The minimum absolute atomic E-state index is 0.184. The number of aliphatic hydroxyl groups excluding tert-OH is 3. The molecule has 0 saturated carbocycles. The van der Waals surface area contributed by atoms with Gasteiger partial charge in [0.25, 0.3) is 0 Å². The third-order valence-electron chi connectivity index (χ3n) is 3.29. The maximum atomic E-state index is 9.95. The molecule has 0 spiro atoms. The Hall–Kier alpha value is -1.67. The number of hydrogen-bond donors (Lipinski definition) is 3. The first-order valence-electron chi connectivity index (χ1n) is 6.49. The van der Waals surface area contributed by atoms with E-state index in [0.717, 1.165) is 5.56 Å². The Morgan fingerprint density at radius 2 is 1.95 bits per heavy atom. The number of azide groups is 1. The SMILES string of the molecule is [N-]=[N+]=N[C@H]1C(OCc2ccccc2)O[C@H](CO)[C@@H](O)[C@@H]1O. The van der Waals surface area contributed by atoms with Crippen molar-refractivity contribution in [1.82, 2.24) is 0 Å². The molecular formula is C13H17N3O5. The van der Waals surface area contributed by atoms with E-state index in [-0.39, 0.29) is 6.61 Å². The number of rotatable bonds is 5. The van der Waals surface area contributed by atoms with Crippen LogP contribution in [0.2, 0.25) is 0 Å². The molecule has 1 fully saturated rings. The molecule has 0 aromatic heterocycles. The molecule has 21 heavy (non-hydrogen) atoms. The molecule has 1 aliphatic rings. The molecule has 0 aliphatic carbocycles. The molecule has 0 amide bonds. The quantitative estimate of drug-likeness (QED) is 0.409. The van der Waals surface area contributed by atoms with Gasteiger partial charge >= 0.3 is 0 Å². The Morgan fingerprint density at radius 1 is 1.24 bits per heavy atom. The van der Waals surface area contributed by atoms with E-state index in [4.69, 9.17) is 20.1 Å². The number of nitrogens with zero attached hydrogens (tertiary/aromatic N) is 3. The standard InChI is InChI=1S/C13H17N3O5/c14-16-15-10-12(19)11(18)9(6-17)21-13(10)20-7-8-4-2-1-3-5-8/h1-5,9-13,17-19H,6-7H2/t9-,10-,11-,12-,13?/m1/s1. The van der Waals surface area contributed by atoms with Crippen LogP contribution in [0.25, 0.3) is 10.4 Å². The smallest absolute Gasteiger partial charge is 0.169 e. The monoisotopic (exact) mass is 295 g/mol. The van der Waals surface area contributed by atoms with Crippen molar-refractivity contribution in [2.45, 2.75) is 37.3 Å². The van der Waals surface area contributed by atoms with E-state index in [1.807, 2.05) is 30.3 Å². The summed E-state index contributed by atoms with van der Waals surface area (Å²) in [6.45, 7) is -0.295. The first-order valence-corrected chi connectivity index (χ1v) is 6.49. The van der Waals surface area contributed by atoms with Crippen LogP contribution in [0.3, 0.4) is 0 Å². The van der Waals surface area contributed by atoms with E-state index in [1.54, 1.807) is 0 Å². The molecule has 0 radical (unpaired) electrons. The van der Waals surface area contributed by atoms with Gasteiger partial charge in [0.2, 0.25) is 0 Å². The summed E-state index contributed by atoms with van der Waals surface area (Å²) in [5.74, 6) is 0. The highest BCUT2D eigenvalue weighted by molar-refractivity contribution is 5.13. The predicted octanol–water partition coefficient (Wildman–Crippen LogP) is 0.321. The van der Waals surface area contributed by atoms with Crippen LogP contribution in [0.4, 0.5) is 0 Å². The second-order valence-corrected chi connectivity index (χ2v) is 4.70. The highest BCUT2D eigenvalue weighted by atomic mass is 16.7. The average Bonchev–Trinajstić information content (AvgIpc) is 2.52. The van der Waals surface area contributed by atoms with Crippen LogP contribution in [0.15, 0.2) is 35.4 Å². The van der Waals surface area contributed by atoms with Crippen molar-refractivity contribution in [2.75, 3.05) is 6.61 Å². The van der Waals surface area contributed by atoms with Crippen molar-refractivity contribution < 1.29 is 24.8 Å². The number of benzene rings is 1. The topological polar surface area (TPSA) is 128 Å². The molecule has 114 valence electrons. The fraction of sp³-hybridized carbons (Fsp3) is 0.538. The van der Waals surface area contributed by atoms with E-state index >= 15 is 0 Å². The summed E-state index contributed by atoms with van der Waals surface area (Å²) >= 11 is 0. The van der Waals surface area contributed by atoms with Crippen molar-refractivity contribution in [2.24, 2.45) is 5.11 Å². The Labute approximate surface area is 121 Å². The van der Waals surface area contributed by atoms with Crippen LogP contribution < -0.4 is 0 Å². The van der Waals surface area contributed by atoms with Crippen molar-refractivity contribution in [1.29, 1.82) is 0 Å². The first kappa shape index (κ1) is 15.7. The second-order valence-electron chi connectivity index (χ2n) is 4.70. The molecule has 1 aliphatic heterocycles. The highest BCUT2D eigenvalue weighted by Gasteiger charge is 2.44. The summed E-state index contributed by atoms with van der Waals surface area (Å²) < 4.78 is 10.9. The molecule has 2 rings (SSSR count). The average molecular weight is 295 g/mol. The number of aliphatic hydroxyl groups is 3. The maximum Gasteiger partial charge on any atom is 0.169 e. The zero-order valence-corrected chi connectivity index (χ0v) is 11.2. The third-order valence-corrected chi connectivity index (χ3v) is 3.29.